The molecule has 2 amide bonds. The van der Waals surface area contributed by atoms with Crippen LogP contribution in [-0.4, -0.2) is 29.2 Å². The molecular formula is C33H27Cl2FN4O5. The van der Waals surface area contributed by atoms with Crippen LogP contribution in [0.2, 0.25) is 10.0 Å². The van der Waals surface area contributed by atoms with Crippen LogP contribution < -0.4 is 20.2 Å². The van der Waals surface area contributed by atoms with E-state index in [1.807, 2.05) is 24.3 Å². The van der Waals surface area contributed by atoms with Crippen LogP contribution in [0.25, 0.3) is 5.69 Å². The number of ether oxygens (including phenoxy) is 2. The van der Waals surface area contributed by atoms with Gasteiger partial charge in [-0.25, -0.2) is 9.82 Å². The SMILES string of the molecule is Cc1ccc(C)n1-c1ccc(OCc2ccc(C(=O)N/N=C/c3cc(Cl)c(OCC(=O)Nc4ccc(F)cc4)c(Cl)c3)o2)cc1. The Kier molecular flexibility index (Phi) is 9.86. The zero-order valence-electron chi connectivity index (χ0n) is 24.1. The number of hydrazone groups is 1. The van der Waals surface area contributed by atoms with Crippen molar-refractivity contribution in [2.24, 2.45) is 5.10 Å². The van der Waals surface area contributed by atoms with Crippen molar-refractivity contribution in [3.63, 3.8) is 0 Å². The molecular weight excluding hydrogens is 622 g/mol. The molecule has 0 fully saturated rings. The van der Waals surface area contributed by atoms with Crippen LogP contribution in [0.1, 0.15) is 33.3 Å². The second-order valence-corrected chi connectivity index (χ2v) is 10.7. The molecule has 0 aliphatic heterocycles. The van der Waals surface area contributed by atoms with Crippen LogP contribution in [0.15, 0.2) is 94.4 Å². The van der Waals surface area contributed by atoms with Crippen LogP contribution in [0.3, 0.4) is 0 Å². The largest absolute Gasteiger partial charge is 0.486 e. The van der Waals surface area contributed by atoms with Crippen LogP contribution >= 0.6 is 23.2 Å². The van der Waals surface area contributed by atoms with E-state index in [1.165, 1.54) is 48.7 Å². The first-order chi connectivity index (χ1) is 21.7. The highest BCUT2D eigenvalue weighted by atomic mass is 35.5. The number of furan rings is 1. The van der Waals surface area contributed by atoms with Gasteiger partial charge in [-0.3, -0.25) is 9.59 Å². The summed E-state index contributed by atoms with van der Waals surface area (Å²) in [6.45, 7) is 3.86. The Morgan fingerprint density at radius 3 is 2.24 bits per heavy atom. The highest BCUT2D eigenvalue weighted by Gasteiger charge is 2.14. The van der Waals surface area contributed by atoms with Crippen LogP contribution in [0.5, 0.6) is 11.5 Å². The van der Waals surface area contributed by atoms with E-state index in [0.717, 1.165) is 17.1 Å². The minimum Gasteiger partial charge on any atom is -0.486 e. The third-order valence-electron chi connectivity index (χ3n) is 6.51. The number of nitrogens with zero attached hydrogens (tertiary/aromatic N) is 2. The first kappa shape index (κ1) is 31.4. The number of halogens is 3. The standard InChI is InChI=1S/C33H27Cl2FN4O5/c1-20-3-4-21(2)40(20)25-9-11-26(12-10-25)43-18-27-13-14-30(45-27)33(42)39-37-17-22-15-28(34)32(29(35)16-22)44-19-31(41)38-24-7-5-23(36)6-8-24/h3-17H,18-19H2,1-2H3,(H,38,41)(H,39,42)/b37-17+. The zero-order valence-corrected chi connectivity index (χ0v) is 25.7. The Bertz CT molecular complexity index is 1810. The van der Waals surface area contributed by atoms with Crippen molar-refractivity contribution in [1.29, 1.82) is 0 Å². The van der Waals surface area contributed by atoms with E-state index in [2.05, 4.69) is 46.4 Å². The average molecular weight is 650 g/mol. The molecule has 0 aliphatic rings. The minimum absolute atomic E-state index is 0.0541. The molecule has 45 heavy (non-hydrogen) atoms. The maximum Gasteiger partial charge on any atom is 0.307 e. The van der Waals surface area contributed by atoms with Crippen LogP contribution in [-0.2, 0) is 11.4 Å². The molecule has 0 saturated heterocycles. The minimum atomic E-state index is -0.566. The maximum atomic E-state index is 13.0. The van der Waals surface area contributed by atoms with Gasteiger partial charge in [0, 0.05) is 22.8 Å². The van der Waals surface area contributed by atoms with Gasteiger partial charge < -0.3 is 23.8 Å². The van der Waals surface area contributed by atoms with E-state index in [-0.39, 0.29) is 34.8 Å². The van der Waals surface area contributed by atoms with Gasteiger partial charge in [0.25, 0.3) is 5.91 Å². The Morgan fingerprint density at radius 2 is 1.58 bits per heavy atom. The summed E-state index contributed by atoms with van der Waals surface area (Å²) >= 11 is 12.6. The molecule has 0 saturated carbocycles. The number of rotatable bonds is 11. The van der Waals surface area contributed by atoms with Crippen molar-refractivity contribution in [2.75, 3.05) is 11.9 Å². The van der Waals surface area contributed by atoms with Gasteiger partial charge in [0.05, 0.1) is 16.3 Å². The third kappa shape index (κ3) is 8.11. The predicted octanol–water partition coefficient (Wildman–Crippen LogP) is 7.49. The lowest BCUT2D eigenvalue weighted by atomic mass is 10.2. The smallest absolute Gasteiger partial charge is 0.307 e. The number of aromatic nitrogens is 1. The number of benzene rings is 3. The van der Waals surface area contributed by atoms with Gasteiger partial charge in [0.2, 0.25) is 0 Å². The lowest BCUT2D eigenvalue weighted by Crippen LogP contribution is -2.20. The highest BCUT2D eigenvalue weighted by Crippen LogP contribution is 2.34. The van der Waals surface area contributed by atoms with Gasteiger partial charge in [0.15, 0.2) is 18.1 Å². The number of carbonyl (C=O) groups excluding carboxylic acids is 2. The summed E-state index contributed by atoms with van der Waals surface area (Å²) in [6, 6.07) is 23.3. The Hall–Kier alpha value is -5.06. The summed E-state index contributed by atoms with van der Waals surface area (Å²) < 4.78 is 32.1. The van der Waals surface area contributed by atoms with Crippen molar-refractivity contribution >= 4 is 46.9 Å². The van der Waals surface area contributed by atoms with Crippen molar-refractivity contribution in [2.45, 2.75) is 20.5 Å². The highest BCUT2D eigenvalue weighted by molar-refractivity contribution is 6.37. The Labute approximate surface area is 268 Å². The van der Waals surface area contributed by atoms with E-state index >= 15 is 0 Å². The summed E-state index contributed by atoms with van der Waals surface area (Å²) in [6.07, 6.45) is 1.34. The second kappa shape index (κ2) is 14.1. The topological polar surface area (TPSA) is 107 Å². The van der Waals surface area contributed by atoms with Gasteiger partial charge in [-0.05, 0) is 104 Å². The number of amides is 2. The summed E-state index contributed by atoms with van der Waals surface area (Å²) in [5.74, 6) is -0.190. The molecule has 0 bridgehead atoms. The fraction of sp³-hybridized carbons (Fsp3) is 0.121. The lowest BCUT2D eigenvalue weighted by Gasteiger charge is -2.11. The number of anilines is 1. The van der Waals surface area contributed by atoms with Crippen LogP contribution in [0.4, 0.5) is 10.1 Å². The van der Waals surface area contributed by atoms with Gasteiger partial charge in [0.1, 0.15) is 23.9 Å². The zero-order chi connectivity index (χ0) is 31.9. The second-order valence-electron chi connectivity index (χ2n) is 9.86. The van der Waals surface area contributed by atoms with Gasteiger partial charge in [-0.2, -0.15) is 5.10 Å². The Balaban J connectivity index is 1.10. The molecule has 0 atom stereocenters. The van der Waals surface area contributed by atoms with E-state index in [4.69, 9.17) is 37.1 Å². The van der Waals surface area contributed by atoms with Crippen molar-refractivity contribution in [3.8, 4) is 17.2 Å². The third-order valence-corrected chi connectivity index (χ3v) is 7.07. The molecule has 0 spiro atoms. The number of carbonyl (C=O) groups is 2. The normalized spacial score (nSPS) is 11.0. The van der Waals surface area contributed by atoms with Gasteiger partial charge >= 0.3 is 5.91 Å². The predicted molar refractivity (Wildman–Crippen MR) is 170 cm³/mol. The summed E-state index contributed by atoms with van der Waals surface area (Å²) in [5, 5.41) is 6.77. The summed E-state index contributed by atoms with van der Waals surface area (Å²) in [5.41, 5.74) is 6.59. The summed E-state index contributed by atoms with van der Waals surface area (Å²) in [7, 11) is 0. The molecule has 5 rings (SSSR count). The first-order valence-electron chi connectivity index (χ1n) is 13.6. The molecule has 2 N–H and O–H groups in total. The van der Waals surface area contributed by atoms with E-state index in [0.29, 0.717) is 22.8 Å². The average Bonchev–Trinajstić information content (AvgIpc) is 3.63. The molecule has 12 heteroatoms. The lowest BCUT2D eigenvalue weighted by molar-refractivity contribution is -0.118. The van der Waals surface area contributed by atoms with E-state index in [9.17, 15) is 14.0 Å². The van der Waals surface area contributed by atoms with E-state index in [1.54, 1.807) is 6.07 Å². The van der Waals surface area contributed by atoms with Crippen molar-refractivity contribution in [3.05, 3.63) is 129 Å². The summed E-state index contributed by atoms with van der Waals surface area (Å²) in [4.78, 5) is 24.7. The number of hydrogen-bond acceptors (Lipinski definition) is 6. The van der Waals surface area contributed by atoms with E-state index < -0.39 is 17.6 Å². The fourth-order valence-electron chi connectivity index (χ4n) is 4.38. The Morgan fingerprint density at radius 1 is 0.911 bits per heavy atom. The van der Waals surface area contributed by atoms with Crippen LogP contribution in [0, 0.1) is 19.7 Å². The fourth-order valence-corrected chi connectivity index (χ4v) is 4.99. The molecule has 230 valence electrons. The molecule has 2 aromatic heterocycles. The van der Waals surface area contributed by atoms with Gasteiger partial charge in [-0.1, -0.05) is 23.2 Å². The quantitative estimate of drug-likeness (QED) is 0.114. The molecule has 9 nitrogen and oxygen atoms in total. The van der Waals surface area contributed by atoms with Crippen molar-refractivity contribution in [1.82, 2.24) is 9.99 Å². The number of aryl methyl sites for hydroxylation is 2. The molecule has 3 aromatic carbocycles. The first-order valence-corrected chi connectivity index (χ1v) is 14.4. The monoisotopic (exact) mass is 648 g/mol. The number of hydrogen-bond donors (Lipinski definition) is 2. The molecule has 2 heterocycles. The molecule has 5 aromatic rings. The number of nitrogens with one attached hydrogen (secondary N) is 2. The molecule has 0 aliphatic carbocycles. The molecule has 0 unspecified atom stereocenters. The van der Waals surface area contributed by atoms with Gasteiger partial charge in [-0.15, -0.1) is 0 Å². The van der Waals surface area contributed by atoms with Crippen molar-refractivity contribution < 1.29 is 27.9 Å². The molecule has 0 radical (unpaired) electrons. The maximum absolute atomic E-state index is 13.0.